The van der Waals surface area contributed by atoms with Gasteiger partial charge in [0.15, 0.2) is 0 Å². The van der Waals surface area contributed by atoms with Crippen molar-refractivity contribution in [3.63, 3.8) is 0 Å². The van der Waals surface area contributed by atoms with Gasteiger partial charge in [-0.25, -0.2) is 4.39 Å². The van der Waals surface area contributed by atoms with Gasteiger partial charge in [-0.1, -0.05) is 46.9 Å². The molecule has 1 atom stereocenters. The lowest BCUT2D eigenvalue weighted by Gasteiger charge is -2.29. The van der Waals surface area contributed by atoms with E-state index in [9.17, 15) is 14.0 Å². The van der Waals surface area contributed by atoms with Crippen LogP contribution in [0, 0.1) is 5.82 Å². The zero-order valence-corrected chi connectivity index (χ0v) is 17.7. The Hall–Kier alpha value is -1.82. The number of nitrogens with one attached hydrogen (secondary N) is 1. The van der Waals surface area contributed by atoms with Crippen molar-refractivity contribution in [3.05, 3.63) is 68.4 Å². The molecule has 0 aromatic heterocycles. The average Bonchev–Trinajstić information content (AvgIpc) is 2.64. The quantitative estimate of drug-likeness (QED) is 0.660. The van der Waals surface area contributed by atoms with E-state index in [-0.39, 0.29) is 29.5 Å². The zero-order valence-electron chi connectivity index (χ0n) is 15.4. The second-order valence-electron chi connectivity index (χ2n) is 6.17. The minimum absolute atomic E-state index is 0.00170. The summed E-state index contributed by atoms with van der Waals surface area (Å²) in [5.74, 6) is -1.39. The standard InChI is InChI=1S/C20H20Cl3FN2O2/c1-3-25-20(28)12(2)26(11-14-16(22)6-4-7-17(14)23)19(27)10-13-15(21)8-5-9-18(13)24/h4-9,12H,3,10-11H2,1-2H3,(H,25,28)/t12-/m0/s1. The fraction of sp³-hybridized carbons (Fsp3) is 0.300. The number of likely N-dealkylation sites (N-methyl/N-ethyl adjacent to an activating group) is 1. The number of hydrogen-bond donors (Lipinski definition) is 1. The van der Waals surface area contributed by atoms with Gasteiger partial charge in [0.25, 0.3) is 0 Å². The van der Waals surface area contributed by atoms with Gasteiger partial charge in [0, 0.05) is 39.3 Å². The topological polar surface area (TPSA) is 49.4 Å². The Morgan fingerprint density at radius 1 is 1.04 bits per heavy atom. The Morgan fingerprint density at radius 3 is 2.11 bits per heavy atom. The van der Waals surface area contributed by atoms with Gasteiger partial charge >= 0.3 is 0 Å². The van der Waals surface area contributed by atoms with Crippen LogP contribution in [0.4, 0.5) is 4.39 Å². The first-order valence-corrected chi connectivity index (χ1v) is 9.82. The summed E-state index contributed by atoms with van der Waals surface area (Å²) < 4.78 is 14.1. The molecule has 0 saturated carbocycles. The van der Waals surface area contributed by atoms with Crippen LogP contribution in [0.5, 0.6) is 0 Å². The van der Waals surface area contributed by atoms with Crippen LogP contribution >= 0.6 is 34.8 Å². The molecule has 2 aromatic rings. The van der Waals surface area contributed by atoms with E-state index in [4.69, 9.17) is 34.8 Å². The highest BCUT2D eigenvalue weighted by molar-refractivity contribution is 6.36. The van der Waals surface area contributed by atoms with Crippen molar-refractivity contribution in [1.29, 1.82) is 0 Å². The lowest BCUT2D eigenvalue weighted by Crippen LogP contribution is -2.48. The molecule has 0 saturated heterocycles. The van der Waals surface area contributed by atoms with Crippen molar-refractivity contribution in [1.82, 2.24) is 10.2 Å². The van der Waals surface area contributed by atoms with E-state index in [2.05, 4.69) is 5.32 Å². The number of nitrogens with zero attached hydrogens (tertiary/aromatic N) is 1. The van der Waals surface area contributed by atoms with Crippen LogP contribution in [0.15, 0.2) is 36.4 Å². The number of halogens is 4. The van der Waals surface area contributed by atoms with Crippen molar-refractivity contribution in [2.45, 2.75) is 32.9 Å². The summed E-state index contributed by atoms with van der Waals surface area (Å²) in [5.41, 5.74) is 0.586. The normalized spacial score (nSPS) is 11.8. The predicted octanol–water partition coefficient (Wildman–Crippen LogP) is 4.88. The molecule has 2 aromatic carbocycles. The number of benzene rings is 2. The lowest BCUT2D eigenvalue weighted by atomic mass is 10.1. The SMILES string of the molecule is CCNC(=O)[C@H](C)N(Cc1c(Cl)cccc1Cl)C(=O)Cc1c(F)cccc1Cl. The van der Waals surface area contributed by atoms with Crippen LogP contribution in [0.25, 0.3) is 0 Å². The highest BCUT2D eigenvalue weighted by Gasteiger charge is 2.28. The summed E-state index contributed by atoms with van der Waals surface area (Å²) in [4.78, 5) is 26.7. The summed E-state index contributed by atoms with van der Waals surface area (Å²) in [5, 5.41) is 3.58. The Bertz CT molecular complexity index is 836. The van der Waals surface area contributed by atoms with E-state index in [0.29, 0.717) is 22.2 Å². The van der Waals surface area contributed by atoms with E-state index in [1.165, 1.54) is 23.1 Å². The summed E-state index contributed by atoms with van der Waals surface area (Å²) in [6.07, 6.45) is -0.294. The van der Waals surface area contributed by atoms with Crippen molar-refractivity contribution in [2.24, 2.45) is 0 Å². The maximum atomic E-state index is 14.1. The Labute approximate surface area is 178 Å². The van der Waals surface area contributed by atoms with Crippen LogP contribution in [0.1, 0.15) is 25.0 Å². The molecule has 0 fully saturated rings. The van der Waals surface area contributed by atoms with Crippen molar-refractivity contribution >= 4 is 46.6 Å². The van der Waals surface area contributed by atoms with Crippen LogP contribution < -0.4 is 5.32 Å². The summed E-state index contributed by atoms with van der Waals surface area (Å²) >= 11 is 18.5. The molecule has 2 amide bonds. The molecule has 150 valence electrons. The van der Waals surface area contributed by atoms with Gasteiger partial charge in [-0.05, 0) is 38.1 Å². The number of rotatable bonds is 7. The van der Waals surface area contributed by atoms with Gasteiger partial charge < -0.3 is 10.2 Å². The molecule has 28 heavy (non-hydrogen) atoms. The molecule has 4 nitrogen and oxygen atoms in total. The minimum Gasteiger partial charge on any atom is -0.355 e. The van der Waals surface area contributed by atoms with Crippen LogP contribution in [-0.4, -0.2) is 29.3 Å². The van der Waals surface area contributed by atoms with E-state index in [1.807, 2.05) is 0 Å². The summed E-state index contributed by atoms with van der Waals surface area (Å²) in [7, 11) is 0. The zero-order chi connectivity index (χ0) is 20.8. The minimum atomic E-state index is -0.815. The smallest absolute Gasteiger partial charge is 0.242 e. The third kappa shape index (κ3) is 5.37. The van der Waals surface area contributed by atoms with Crippen LogP contribution in [-0.2, 0) is 22.6 Å². The molecule has 0 aliphatic rings. The molecule has 0 radical (unpaired) electrons. The van der Waals surface area contributed by atoms with E-state index in [0.717, 1.165) is 0 Å². The summed E-state index contributed by atoms with van der Waals surface area (Å²) in [6.45, 7) is 3.79. The average molecular weight is 446 g/mol. The summed E-state index contributed by atoms with van der Waals surface area (Å²) in [6, 6.07) is 8.38. The lowest BCUT2D eigenvalue weighted by molar-refractivity contribution is -0.140. The molecule has 0 spiro atoms. The monoisotopic (exact) mass is 444 g/mol. The van der Waals surface area contributed by atoms with Gasteiger partial charge in [0.05, 0.1) is 6.42 Å². The van der Waals surface area contributed by atoms with Crippen LogP contribution in [0.3, 0.4) is 0 Å². The molecular formula is C20H20Cl3FN2O2. The fourth-order valence-corrected chi connectivity index (χ4v) is 3.46. The second-order valence-corrected chi connectivity index (χ2v) is 7.39. The first-order valence-electron chi connectivity index (χ1n) is 8.69. The molecule has 0 bridgehead atoms. The van der Waals surface area contributed by atoms with Gasteiger partial charge in [-0.2, -0.15) is 0 Å². The van der Waals surface area contributed by atoms with E-state index < -0.39 is 17.8 Å². The highest BCUT2D eigenvalue weighted by atomic mass is 35.5. The third-order valence-corrected chi connectivity index (χ3v) is 5.36. The van der Waals surface area contributed by atoms with Gasteiger partial charge in [0.1, 0.15) is 11.9 Å². The molecule has 1 N–H and O–H groups in total. The van der Waals surface area contributed by atoms with Crippen molar-refractivity contribution in [3.8, 4) is 0 Å². The van der Waals surface area contributed by atoms with Crippen LogP contribution in [0.2, 0.25) is 15.1 Å². The van der Waals surface area contributed by atoms with Gasteiger partial charge in [-0.15, -0.1) is 0 Å². The number of carbonyl (C=O) groups excluding carboxylic acids is 2. The molecule has 0 heterocycles. The van der Waals surface area contributed by atoms with Crippen molar-refractivity contribution < 1.29 is 14.0 Å². The van der Waals surface area contributed by atoms with Crippen molar-refractivity contribution in [2.75, 3.05) is 6.54 Å². The molecular weight excluding hydrogens is 426 g/mol. The molecule has 8 heteroatoms. The fourth-order valence-electron chi connectivity index (χ4n) is 2.71. The number of amides is 2. The largest absolute Gasteiger partial charge is 0.355 e. The predicted molar refractivity (Wildman–Crippen MR) is 110 cm³/mol. The maximum Gasteiger partial charge on any atom is 0.242 e. The first kappa shape index (κ1) is 22.5. The number of hydrogen-bond acceptors (Lipinski definition) is 2. The van der Waals surface area contributed by atoms with Gasteiger partial charge in [-0.3, -0.25) is 9.59 Å². The molecule has 2 rings (SSSR count). The second kappa shape index (κ2) is 10.1. The third-order valence-electron chi connectivity index (χ3n) is 4.30. The van der Waals surface area contributed by atoms with Gasteiger partial charge in [0.2, 0.25) is 11.8 Å². The molecule has 0 aliphatic carbocycles. The maximum absolute atomic E-state index is 14.1. The Kier molecular flexibility index (Phi) is 8.10. The Morgan fingerprint density at radius 2 is 1.57 bits per heavy atom. The number of carbonyl (C=O) groups is 2. The molecule has 0 aliphatic heterocycles. The first-order chi connectivity index (χ1) is 13.3. The Balaban J connectivity index is 2.37. The highest BCUT2D eigenvalue weighted by Crippen LogP contribution is 2.27. The van der Waals surface area contributed by atoms with E-state index in [1.54, 1.807) is 32.0 Å². The van der Waals surface area contributed by atoms with E-state index >= 15 is 0 Å². The molecule has 0 unspecified atom stereocenters.